The molecule has 1 aliphatic rings. The minimum Gasteiger partial charge on any atom is -0.469 e. The van der Waals surface area contributed by atoms with Crippen molar-refractivity contribution in [2.24, 2.45) is 10.4 Å². The van der Waals surface area contributed by atoms with Crippen LogP contribution < -0.4 is 10.6 Å². The number of carbonyl (C=O) groups is 1. The number of amides is 1. The van der Waals surface area contributed by atoms with E-state index >= 15 is 0 Å². The van der Waals surface area contributed by atoms with Crippen LogP contribution in [0.4, 0.5) is 0 Å². The molecule has 2 N–H and O–H groups in total. The molecular formula is C21H30N4O2S. The summed E-state index contributed by atoms with van der Waals surface area (Å²) in [6.45, 7) is 1.96. The Hall–Kier alpha value is -2.28. The number of nitrogens with one attached hydrogen (secondary N) is 2. The van der Waals surface area contributed by atoms with Gasteiger partial charge in [-0.1, -0.05) is 18.9 Å². The molecule has 0 aliphatic heterocycles. The number of thiophene rings is 1. The summed E-state index contributed by atoms with van der Waals surface area (Å²) in [5.41, 5.74) is -0.324. The Morgan fingerprint density at radius 1 is 1.25 bits per heavy atom. The summed E-state index contributed by atoms with van der Waals surface area (Å²) in [7, 11) is 3.69. The minimum absolute atomic E-state index is 0.214. The highest BCUT2D eigenvalue weighted by atomic mass is 32.1. The van der Waals surface area contributed by atoms with Gasteiger partial charge in [-0.15, -0.1) is 11.3 Å². The summed E-state index contributed by atoms with van der Waals surface area (Å²) in [4.78, 5) is 20.5. The first-order valence-electron chi connectivity index (χ1n) is 9.88. The minimum atomic E-state index is -0.324. The summed E-state index contributed by atoms with van der Waals surface area (Å²) >= 11 is 1.70. The molecule has 28 heavy (non-hydrogen) atoms. The van der Waals surface area contributed by atoms with Crippen LogP contribution in [-0.4, -0.2) is 44.0 Å². The summed E-state index contributed by atoms with van der Waals surface area (Å²) in [5.74, 6) is 1.91. The normalized spacial score (nSPS) is 16.1. The molecule has 0 unspecified atom stereocenters. The maximum absolute atomic E-state index is 12.8. The van der Waals surface area contributed by atoms with E-state index in [0.29, 0.717) is 13.1 Å². The van der Waals surface area contributed by atoms with Crippen LogP contribution in [-0.2, 0) is 17.8 Å². The second-order valence-corrected chi connectivity index (χ2v) is 8.57. The summed E-state index contributed by atoms with van der Waals surface area (Å²) in [6, 6.07) is 8.00. The Morgan fingerprint density at radius 2 is 2.07 bits per heavy atom. The molecule has 0 aromatic carbocycles. The van der Waals surface area contributed by atoms with Crippen molar-refractivity contribution in [1.82, 2.24) is 15.5 Å². The van der Waals surface area contributed by atoms with Crippen LogP contribution in [0.15, 0.2) is 45.3 Å². The number of furan rings is 1. The lowest BCUT2D eigenvalue weighted by molar-refractivity contribution is -0.138. The first-order valence-corrected chi connectivity index (χ1v) is 10.8. The number of nitrogens with zero attached hydrogens (tertiary/aromatic N) is 2. The third-order valence-electron chi connectivity index (χ3n) is 5.23. The molecule has 1 amide bonds. The predicted molar refractivity (Wildman–Crippen MR) is 113 cm³/mol. The molecule has 1 aliphatic carbocycles. The number of hydrogen-bond donors (Lipinski definition) is 2. The van der Waals surface area contributed by atoms with Crippen molar-refractivity contribution in [1.29, 1.82) is 0 Å². The highest BCUT2D eigenvalue weighted by Gasteiger charge is 2.42. The van der Waals surface area contributed by atoms with Gasteiger partial charge in [-0.2, -0.15) is 0 Å². The van der Waals surface area contributed by atoms with Crippen molar-refractivity contribution in [3.05, 3.63) is 46.5 Å². The SMILES string of the molecule is CN(C)C(=O)C1(CNC(=NCc2cccs2)NCCc2ccco2)CCCC1. The number of hydrogen-bond acceptors (Lipinski definition) is 4. The van der Waals surface area contributed by atoms with Crippen LogP contribution in [0.25, 0.3) is 0 Å². The highest BCUT2D eigenvalue weighted by molar-refractivity contribution is 7.09. The fourth-order valence-electron chi connectivity index (χ4n) is 3.74. The zero-order chi connectivity index (χ0) is 19.8. The fraction of sp³-hybridized carbons (Fsp3) is 0.524. The van der Waals surface area contributed by atoms with Gasteiger partial charge in [0.15, 0.2) is 5.96 Å². The Balaban J connectivity index is 1.63. The van der Waals surface area contributed by atoms with Crippen LogP contribution in [0, 0.1) is 5.41 Å². The molecule has 0 atom stereocenters. The predicted octanol–water partition coefficient (Wildman–Crippen LogP) is 3.27. The Kier molecular flexibility index (Phi) is 7.14. The maximum Gasteiger partial charge on any atom is 0.230 e. The fourth-order valence-corrected chi connectivity index (χ4v) is 4.37. The van der Waals surface area contributed by atoms with Gasteiger partial charge >= 0.3 is 0 Å². The Labute approximate surface area is 171 Å². The second kappa shape index (κ2) is 9.78. The molecule has 1 saturated carbocycles. The van der Waals surface area contributed by atoms with E-state index in [1.54, 1.807) is 22.5 Å². The number of aliphatic imine (C=N–C) groups is 1. The van der Waals surface area contributed by atoms with E-state index in [1.165, 1.54) is 4.88 Å². The van der Waals surface area contributed by atoms with E-state index in [1.807, 2.05) is 32.3 Å². The molecule has 152 valence electrons. The molecule has 2 aromatic heterocycles. The van der Waals surface area contributed by atoms with Crippen molar-refractivity contribution in [2.75, 3.05) is 27.2 Å². The molecule has 0 spiro atoms. The molecule has 0 bridgehead atoms. The quantitative estimate of drug-likeness (QED) is 0.525. The van der Waals surface area contributed by atoms with Crippen LogP contribution >= 0.6 is 11.3 Å². The summed E-state index contributed by atoms with van der Waals surface area (Å²) in [6.07, 6.45) is 6.55. The first-order chi connectivity index (χ1) is 13.6. The maximum atomic E-state index is 12.8. The molecule has 2 heterocycles. The van der Waals surface area contributed by atoms with Gasteiger partial charge in [0.25, 0.3) is 0 Å². The number of carbonyl (C=O) groups excluding carboxylic acids is 1. The molecule has 7 heteroatoms. The van der Waals surface area contributed by atoms with Crippen molar-refractivity contribution < 1.29 is 9.21 Å². The molecule has 6 nitrogen and oxygen atoms in total. The van der Waals surface area contributed by atoms with Gasteiger partial charge in [-0.05, 0) is 36.4 Å². The highest BCUT2D eigenvalue weighted by Crippen LogP contribution is 2.38. The van der Waals surface area contributed by atoms with Crippen LogP contribution in [0.1, 0.15) is 36.3 Å². The molecule has 2 aromatic rings. The third kappa shape index (κ3) is 5.38. The second-order valence-electron chi connectivity index (χ2n) is 7.54. The molecule has 0 saturated heterocycles. The van der Waals surface area contributed by atoms with E-state index in [4.69, 9.17) is 9.41 Å². The van der Waals surface area contributed by atoms with E-state index in [0.717, 1.165) is 50.4 Å². The summed E-state index contributed by atoms with van der Waals surface area (Å²) in [5, 5.41) is 8.90. The standard InChI is InChI=1S/C21H30N4O2S/c1-25(2)19(26)21(10-3-4-11-21)16-24-20(23-15-18-8-6-14-28-18)22-12-9-17-7-5-13-27-17/h5-8,13-14H,3-4,9-12,15-16H2,1-2H3,(H2,22,23,24). The van der Waals surface area contributed by atoms with E-state index in [2.05, 4.69) is 22.1 Å². The van der Waals surface area contributed by atoms with Crippen LogP contribution in [0.2, 0.25) is 0 Å². The molecule has 1 fully saturated rings. The number of rotatable bonds is 8. The lowest BCUT2D eigenvalue weighted by atomic mass is 9.84. The van der Waals surface area contributed by atoms with E-state index in [9.17, 15) is 4.79 Å². The smallest absolute Gasteiger partial charge is 0.230 e. The lowest BCUT2D eigenvalue weighted by Crippen LogP contribution is -2.49. The zero-order valence-electron chi connectivity index (χ0n) is 16.7. The van der Waals surface area contributed by atoms with Gasteiger partial charge in [-0.3, -0.25) is 4.79 Å². The van der Waals surface area contributed by atoms with Crippen LogP contribution in [0.3, 0.4) is 0 Å². The van der Waals surface area contributed by atoms with Crippen molar-refractivity contribution in [2.45, 2.75) is 38.6 Å². The first kappa shape index (κ1) is 20.5. The van der Waals surface area contributed by atoms with Crippen molar-refractivity contribution in [3.8, 4) is 0 Å². The van der Waals surface area contributed by atoms with Gasteiger partial charge in [0.1, 0.15) is 5.76 Å². The Bertz CT molecular complexity index is 747. The van der Waals surface area contributed by atoms with Gasteiger partial charge in [0, 0.05) is 38.5 Å². The van der Waals surface area contributed by atoms with Gasteiger partial charge < -0.3 is 20.0 Å². The topological polar surface area (TPSA) is 69.9 Å². The molecular weight excluding hydrogens is 372 g/mol. The van der Waals surface area contributed by atoms with Crippen LogP contribution in [0.5, 0.6) is 0 Å². The number of guanidine groups is 1. The average Bonchev–Trinajstić information content (AvgIpc) is 3.46. The van der Waals surface area contributed by atoms with Crippen molar-refractivity contribution in [3.63, 3.8) is 0 Å². The van der Waals surface area contributed by atoms with Crippen molar-refractivity contribution >= 4 is 23.2 Å². The molecule has 3 rings (SSSR count). The lowest BCUT2D eigenvalue weighted by Gasteiger charge is -2.31. The van der Waals surface area contributed by atoms with E-state index in [-0.39, 0.29) is 11.3 Å². The largest absolute Gasteiger partial charge is 0.469 e. The monoisotopic (exact) mass is 402 g/mol. The van der Waals surface area contributed by atoms with Gasteiger partial charge in [-0.25, -0.2) is 4.99 Å². The zero-order valence-corrected chi connectivity index (χ0v) is 17.6. The summed E-state index contributed by atoms with van der Waals surface area (Å²) < 4.78 is 5.40. The molecule has 0 radical (unpaired) electrons. The van der Waals surface area contributed by atoms with Gasteiger partial charge in [0.2, 0.25) is 5.91 Å². The Morgan fingerprint density at radius 3 is 2.71 bits per heavy atom. The van der Waals surface area contributed by atoms with Gasteiger partial charge in [0.05, 0.1) is 18.2 Å². The third-order valence-corrected chi connectivity index (χ3v) is 6.09. The average molecular weight is 403 g/mol. The van der Waals surface area contributed by atoms with E-state index < -0.39 is 0 Å².